The number of benzene rings is 1. The van der Waals surface area contributed by atoms with E-state index in [-0.39, 0.29) is 13.2 Å². The highest BCUT2D eigenvalue weighted by atomic mass is 16.5. The number of nitrogens with one attached hydrogen (secondary N) is 2. The lowest BCUT2D eigenvalue weighted by Gasteiger charge is -2.15. The zero-order valence-corrected chi connectivity index (χ0v) is 11.0. The van der Waals surface area contributed by atoms with Gasteiger partial charge in [-0.2, -0.15) is 0 Å². The topological polar surface area (TPSA) is 105 Å². The van der Waals surface area contributed by atoms with Crippen LogP contribution >= 0.6 is 0 Å². The van der Waals surface area contributed by atoms with E-state index >= 15 is 0 Å². The van der Waals surface area contributed by atoms with Crippen molar-refractivity contribution in [2.75, 3.05) is 13.2 Å². The maximum atomic E-state index is 11.5. The average molecular weight is 280 g/mol. The van der Waals surface area contributed by atoms with Crippen molar-refractivity contribution in [1.82, 2.24) is 10.6 Å². The summed E-state index contributed by atoms with van der Waals surface area (Å²) in [5, 5.41) is 13.6. The molecule has 0 heterocycles. The number of carbonyl (C=O) groups is 3. The Labute approximate surface area is 115 Å². The van der Waals surface area contributed by atoms with Crippen molar-refractivity contribution in [3.05, 3.63) is 35.9 Å². The fraction of sp³-hybridized carbons (Fsp3) is 0.308. The van der Waals surface area contributed by atoms with E-state index in [9.17, 15) is 14.4 Å². The minimum Gasteiger partial charge on any atom is -0.479 e. The molecule has 1 aromatic rings. The standard InChI is InChI=1S/C13H16N2O5/c1-2-20-10(16)8-14-13(19)15-11(12(17)18)9-6-4-3-5-7-9/h3-7,11H,2,8H2,1H3,(H,17,18)(H2,14,15,19). The van der Waals surface area contributed by atoms with Crippen LogP contribution in [-0.2, 0) is 14.3 Å². The maximum Gasteiger partial charge on any atom is 0.330 e. The van der Waals surface area contributed by atoms with Crippen LogP contribution in [0.2, 0.25) is 0 Å². The van der Waals surface area contributed by atoms with Crippen molar-refractivity contribution in [3.8, 4) is 0 Å². The number of carbonyl (C=O) groups excluding carboxylic acids is 2. The summed E-state index contributed by atoms with van der Waals surface area (Å²) in [6.45, 7) is 1.54. The molecule has 1 rings (SSSR count). The third-order valence-corrected chi connectivity index (χ3v) is 2.35. The van der Waals surface area contributed by atoms with Crippen LogP contribution in [0.5, 0.6) is 0 Å². The molecule has 3 N–H and O–H groups in total. The fourth-order valence-electron chi connectivity index (χ4n) is 1.48. The van der Waals surface area contributed by atoms with Crippen LogP contribution in [0.1, 0.15) is 18.5 Å². The second-order valence-corrected chi connectivity index (χ2v) is 3.81. The van der Waals surface area contributed by atoms with Crippen LogP contribution in [0.4, 0.5) is 4.79 Å². The van der Waals surface area contributed by atoms with Crippen molar-refractivity contribution in [2.24, 2.45) is 0 Å². The Kier molecular flexibility index (Phi) is 6.02. The summed E-state index contributed by atoms with van der Waals surface area (Å²) in [6, 6.07) is 6.32. The number of carboxylic acids is 1. The van der Waals surface area contributed by atoms with Crippen LogP contribution in [0.25, 0.3) is 0 Å². The number of rotatable bonds is 6. The molecular weight excluding hydrogens is 264 g/mol. The minimum absolute atomic E-state index is 0.212. The van der Waals surface area contributed by atoms with Crippen molar-refractivity contribution >= 4 is 18.0 Å². The van der Waals surface area contributed by atoms with Gasteiger partial charge in [0.1, 0.15) is 6.54 Å². The van der Waals surface area contributed by atoms with E-state index in [4.69, 9.17) is 5.11 Å². The van der Waals surface area contributed by atoms with Gasteiger partial charge in [-0.3, -0.25) is 4.79 Å². The summed E-state index contributed by atoms with van der Waals surface area (Å²) < 4.78 is 4.63. The highest BCUT2D eigenvalue weighted by Gasteiger charge is 2.21. The van der Waals surface area contributed by atoms with Crippen molar-refractivity contribution in [2.45, 2.75) is 13.0 Å². The summed E-state index contributed by atoms with van der Waals surface area (Å²) in [5.41, 5.74) is 0.436. The van der Waals surface area contributed by atoms with E-state index in [0.717, 1.165) is 0 Å². The monoisotopic (exact) mass is 280 g/mol. The molecule has 0 aliphatic heterocycles. The lowest BCUT2D eigenvalue weighted by Crippen LogP contribution is -2.43. The van der Waals surface area contributed by atoms with Crippen molar-refractivity contribution in [1.29, 1.82) is 0 Å². The van der Waals surface area contributed by atoms with Crippen LogP contribution in [0.15, 0.2) is 30.3 Å². The van der Waals surface area contributed by atoms with Gasteiger partial charge in [0, 0.05) is 0 Å². The molecule has 7 nitrogen and oxygen atoms in total. The largest absolute Gasteiger partial charge is 0.479 e. The first-order chi connectivity index (χ1) is 9.54. The molecule has 0 aromatic heterocycles. The summed E-state index contributed by atoms with van der Waals surface area (Å²) in [6.07, 6.45) is 0. The molecule has 7 heteroatoms. The molecule has 0 radical (unpaired) electrons. The van der Waals surface area contributed by atoms with Gasteiger partial charge in [0.2, 0.25) is 0 Å². The molecule has 1 atom stereocenters. The summed E-state index contributed by atoms with van der Waals surface area (Å²) in [7, 11) is 0. The second-order valence-electron chi connectivity index (χ2n) is 3.81. The van der Waals surface area contributed by atoms with Gasteiger partial charge in [-0.25, -0.2) is 9.59 Å². The first-order valence-corrected chi connectivity index (χ1v) is 6.02. The Bertz CT molecular complexity index is 475. The van der Waals surface area contributed by atoms with E-state index in [0.29, 0.717) is 5.56 Å². The Hall–Kier alpha value is -2.57. The molecule has 0 aliphatic rings. The summed E-state index contributed by atoms with van der Waals surface area (Å²) in [5.74, 6) is -1.78. The number of hydrogen-bond donors (Lipinski definition) is 3. The third kappa shape index (κ3) is 4.97. The number of carboxylic acid groups (broad SMARTS) is 1. The molecule has 1 aromatic carbocycles. The maximum absolute atomic E-state index is 11.5. The van der Waals surface area contributed by atoms with Gasteiger partial charge >= 0.3 is 18.0 Å². The molecule has 1 unspecified atom stereocenters. The highest BCUT2D eigenvalue weighted by Crippen LogP contribution is 2.12. The van der Waals surface area contributed by atoms with Crippen LogP contribution in [0.3, 0.4) is 0 Å². The quantitative estimate of drug-likeness (QED) is 0.664. The van der Waals surface area contributed by atoms with Gasteiger partial charge in [0.15, 0.2) is 6.04 Å². The molecule has 0 saturated heterocycles. The lowest BCUT2D eigenvalue weighted by molar-refractivity contribution is -0.141. The molecule has 0 aliphatic carbocycles. The van der Waals surface area contributed by atoms with Crippen molar-refractivity contribution in [3.63, 3.8) is 0 Å². The minimum atomic E-state index is -1.19. The normalized spacial score (nSPS) is 11.2. The molecular formula is C13H16N2O5. The molecule has 0 spiro atoms. The SMILES string of the molecule is CCOC(=O)CNC(=O)NC(C(=O)O)c1ccccc1. The molecule has 108 valence electrons. The zero-order valence-electron chi connectivity index (χ0n) is 11.0. The smallest absolute Gasteiger partial charge is 0.330 e. The van der Waals surface area contributed by atoms with Gasteiger partial charge < -0.3 is 20.5 Å². The third-order valence-electron chi connectivity index (χ3n) is 2.35. The number of urea groups is 1. The average Bonchev–Trinajstić information content (AvgIpc) is 2.43. The lowest BCUT2D eigenvalue weighted by atomic mass is 10.1. The Balaban J connectivity index is 2.57. The number of hydrogen-bond acceptors (Lipinski definition) is 4. The van der Waals surface area contributed by atoms with Crippen molar-refractivity contribution < 1.29 is 24.2 Å². The van der Waals surface area contributed by atoms with E-state index in [2.05, 4.69) is 15.4 Å². The fourth-order valence-corrected chi connectivity index (χ4v) is 1.48. The van der Waals surface area contributed by atoms with Gasteiger partial charge in [-0.15, -0.1) is 0 Å². The van der Waals surface area contributed by atoms with Gasteiger partial charge in [0.25, 0.3) is 0 Å². The Morgan fingerprint density at radius 1 is 1.25 bits per heavy atom. The van der Waals surface area contributed by atoms with Crippen LogP contribution in [-0.4, -0.2) is 36.2 Å². The zero-order chi connectivity index (χ0) is 15.0. The van der Waals surface area contributed by atoms with E-state index in [1.165, 1.54) is 0 Å². The number of aliphatic carboxylic acids is 1. The predicted molar refractivity (Wildman–Crippen MR) is 70.0 cm³/mol. The van der Waals surface area contributed by atoms with Crippen LogP contribution in [0, 0.1) is 0 Å². The molecule has 0 bridgehead atoms. The van der Waals surface area contributed by atoms with Gasteiger partial charge in [0.05, 0.1) is 6.61 Å². The molecule has 2 amide bonds. The number of amides is 2. The van der Waals surface area contributed by atoms with Gasteiger partial charge in [-0.05, 0) is 12.5 Å². The first kappa shape index (κ1) is 15.5. The van der Waals surface area contributed by atoms with E-state index in [1.54, 1.807) is 37.3 Å². The first-order valence-electron chi connectivity index (χ1n) is 6.02. The van der Waals surface area contributed by atoms with Crippen LogP contribution < -0.4 is 10.6 Å². The predicted octanol–water partition coefficient (Wildman–Crippen LogP) is 0.675. The Morgan fingerprint density at radius 2 is 1.90 bits per heavy atom. The number of ether oxygens (including phenoxy) is 1. The van der Waals surface area contributed by atoms with E-state index < -0.39 is 24.0 Å². The number of esters is 1. The summed E-state index contributed by atoms with van der Waals surface area (Å²) >= 11 is 0. The van der Waals surface area contributed by atoms with E-state index in [1.807, 2.05) is 0 Å². The highest BCUT2D eigenvalue weighted by molar-refractivity contribution is 5.85. The molecule has 0 fully saturated rings. The second kappa shape index (κ2) is 7.78. The van der Waals surface area contributed by atoms with Gasteiger partial charge in [-0.1, -0.05) is 30.3 Å². The Morgan fingerprint density at radius 3 is 2.45 bits per heavy atom. The molecule has 0 saturated carbocycles. The molecule has 20 heavy (non-hydrogen) atoms. The summed E-state index contributed by atoms with van der Waals surface area (Å²) in [4.78, 5) is 33.7.